The topological polar surface area (TPSA) is 75.5 Å². The van der Waals surface area contributed by atoms with Crippen LogP contribution < -0.4 is 5.32 Å². The van der Waals surface area contributed by atoms with Crippen molar-refractivity contribution in [1.82, 2.24) is 4.90 Å². The number of benzene rings is 1. The van der Waals surface area contributed by atoms with E-state index in [0.29, 0.717) is 12.2 Å². The van der Waals surface area contributed by atoms with Crippen molar-refractivity contribution in [3.63, 3.8) is 0 Å². The van der Waals surface area contributed by atoms with Gasteiger partial charge in [-0.1, -0.05) is 12.1 Å². The molecule has 0 atom stereocenters. The van der Waals surface area contributed by atoms with E-state index < -0.39 is 0 Å². The highest BCUT2D eigenvalue weighted by Crippen LogP contribution is 2.23. The maximum Gasteiger partial charge on any atom is 0.292 e. The van der Waals surface area contributed by atoms with Crippen molar-refractivity contribution in [2.45, 2.75) is 19.3 Å². The molecule has 1 N–H and O–H groups in total. The summed E-state index contributed by atoms with van der Waals surface area (Å²) in [5, 5.41) is 14.0. The van der Waals surface area contributed by atoms with Gasteiger partial charge in [-0.25, -0.2) is 0 Å². The summed E-state index contributed by atoms with van der Waals surface area (Å²) in [5.41, 5.74) is 0.687. The Balaban J connectivity index is 1.71. The van der Waals surface area contributed by atoms with E-state index in [2.05, 4.69) is 10.2 Å². The summed E-state index contributed by atoms with van der Waals surface area (Å²) in [6.45, 7) is 3.60. The van der Waals surface area contributed by atoms with E-state index in [4.69, 9.17) is 0 Å². The Morgan fingerprint density at radius 1 is 1.33 bits per heavy atom. The van der Waals surface area contributed by atoms with Gasteiger partial charge in [-0.15, -0.1) is 0 Å². The number of nitro benzene ring substituents is 1. The number of hydrogen-bond donors (Lipinski definition) is 1. The molecule has 6 nitrogen and oxygen atoms in total. The number of hydrogen-bond acceptors (Lipinski definition) is 5. The largest absolute Gasteiger partial charge is 0.379 e. The van der Waals surface area contributed by atoms with Crippen molar-refractivity contribution < 1.29 is 9.72 Å². The molecule has 0 saturated carbocycles. The van der Waals surface area contributed by atoms with Crippen molar-refractivity contribution in [3.05, 3.63) is 34.4 Å². The van der Waals surface area contributed by atoms with Gasteiger partial charge in [-0.2, -0.15) is 0 Å². The number of likely N-dealkylation sites (tertiary alicyclic amines) is 1. The van der Waals surface area contributed by atoms with E-state index >= 15 is 0 Å². The van der Waals surface area contributed by atoms with Crippen LogP contribution in [0.5, 0.6) is 0 Å². The van der Waals surface area contributed by atoms with Crippen LogP contribution in [0, 0.1) is 16.0 Å². The molecular weight excluding hydrogens is 270 g/mol. The number of rotatable bonds is 7. The SMILES string of the molecule is O=CC1CCN(CCCNc2ccccc2[N+](=O)[O-])CC1. The van der Waals surface area contributed by atoms with Gasteiger partial charge in [0.25, 0.3) is 5.69 Å². The molecule has 1 heterocycles. The van der Waals surface area contributed by atoms with Gasteiger partial charge in [0.1, 0.15) is 12.0 Å². The zero-order chi connectivity index (χ0) is 15.1. The monoisotopic (exact) mass is 291 g/mol. The molecule has 6 heteroatoms. The molecule has 1 fully saturated rings. The lowest BCUT2D eigenvalue weighted by Crippen LogP contribution is -2.35. The van der Waals surface area contributed by atoms with Gasteiger partial charge in [-0.05, 0) is 45.0 Å². The molecule has 0 radical (unpaired) electrons. The van der Waals surface area contributed by atoms with Crippen molar-refractivity contribution in [2.24, 2.45) is 5.92 Å². The highest BCUT2D eigenvalue weighted by Gasteiger charge is 2.18. The minimum absolute atomic E-state index is 0.115. The lowest BCUT2D eigenvalue weighted by atomic mass is 9.98. The minimum Gasteiger partial charge on any atom is -0.379 e. The summed E-state index contributed by atoms with van der Waals surface area (Å²) in [4.78, 5) is 23.6. The van der Waals surface area contributed by atoms with Crippen LogP contribution in [0.3, 0.4) is 0 Å². The van der Waals surface area contributed by atoms with Gasteiger partial charge in [0, 0.05) is 18.5 Å². The second-order valence-corrected chi connectivity index (χ2v) is 5.37. The zero-order valence-electron chi connectivity index (χ0n) is 12.0. The molecule has 1 saturated heterocycles. The third kappa shape index (κ3) is 4.53. The van der Waals surface area contributed by atoms with E-state index in [0.717, 1.165) is 45.2 Å². The smallest absolute Gasteiger partial charge is 0.292 e. The third-order valence-corrected chi connectivity index (χ3v) is 3.89. The molecule has 21 heavy (non-hydrogen) atoms. The zero-order valence-corrected chi connectivity index (χ0v) is 12.0. The maximum absolute atomic E-state index is 10.9. The Hall–Kier alpha value is -1.95. The van der Waals surface area contributed by atoms with Gasteiger partial charge in [-0.3, -0.25) is 10.1 Å². The van der Waals surface area contributed by atoms with Crippen LogP contribution in [-0.4, -0.2) is 42.3 Å². The lowest BCUT2D eigenvalue weighted by molar-refractivity contribution is -0.384. The normalized spacial score (nSPS) is 16.6. The van der Waals surface area contributed by atoms with Crippen LogP contribution in [0.2, 0.25) is 0 Å². The molecule has 1 aromatic carbocycles. The average molecular weight is 291 g/mol. The number of piperidine rings is 1. The predicted molar refractivity (Wildman–Crippen MR) is 81.4 cm³/mol. The summed E-state index contributed by atoms with van der Waals surface area (Å²) in [5.74, 6) is 0.228. The summed E-state index contributed by atoms with van der Waals surface area (Å²) in [7, 11) is 0. The van der Waals surface area contributed by atoms with Gasteiger partial charge >= 0.3 is 0 Å². The average Bonchev–Trinajstić information content (AvgIpc) is 2.52. The van der Waals surface area contributed by atoms with Crippen molar-refractivity contribution in [2.75, 3.05) is 31.5 Å². The molecule has 1 aliphatic heterocycles. The lowest BCUT2D eigenvalue weighted by Gasteiger charge is -2.29. The Bertz CT molecular complexity index is 485. The molecule has 0 spiro atoms. The van der Waals surface area contributed by atoms with Gasteiger partial charge < -0.3 is 15.0 Å². The van der Waals surface area contributed by atoms with Crippen LogP contribution in [0.1, 0.15) is 19.3 Å². The molecule has 1 aliphatic rings. The highest BCUT2D eigenvalue weighted by atomic mass is 16.6. The van der Waals surface area contributed by atoms with Crippen LogP contribution in [0.15, 0.2) is 24.3 Å². The van der Waals surface area contributed by atoms with Crippen molar-refractivity contribution in [1.29, 1.82) is 0 Å². The molecule has 0 aromatic heterocycles. The second kappa shape index (κ2) is 7.73. The Morgan fingerprint density at radius 2 is 2.05 bits per heavy atom. The summed E-state index contributed by atoms with van der Waals surface area (Å²) in [6, 6.07) is 6.69. The second-order valence-electron chi connectivity index (χ2n) is 5.37. The van der Waals surface area contributed by atoms with Crippen LogP contribution in [0.4, 0.5) is 11.4 Å². The standard InChI is InChI=1S/C15H21N3O3/c19-12-13-6-10-17(11-7-13)9-3-8-16-14-4-1-2-5-15(14)18(20)21/h1-2,4-5,12-13,16H,3,6-11H2. The Morgan fingerprint density at radius 3 is 2.71 bits per heavy atom. The molecule has 1 aromatic rings. The van der Waals surface area contributed by atoms with Gasteiger partial charge in [0.05, 0.1) is 4.92 Å². The number of para-hydroxylation sites is 2. The molecule has 0 aliphatic carbocycles. The first-order valence-corrected chi connectivity index (χ1v) is 7.35. The van der Waals surface area contributed by atoms with Gasteiger partial charge in [0.2, 0.25) is 0 Å². The maximum atomic E-state index is 10.9. The number of nitrogens with one attached hydrogen (secondary N) is 1. The Kier molecular flexibility index (Phi) is 5.68. The molecule has 0 amide bonds. The first kappa shape index (κ1) is 15.4. The first-order valence-electron chi connectivity index (χ1n) is 7.35. The van der Waals surface area contributed by atoms with E-state index in [1.807, 2.05) is 0 Å². The number of nitro groups is 1. The fraction of sp³-hybridized carbons (Fsp3) is 0.533. The summed E-state index contributed by atoms with van der Waals surface area (Å²) >= 11 is 0. The minimum atomic E-state index is -0.369. The molecule has 2 rings (SSSR count). The molecule has 0 bridgehead atoms. The quantitative estimate of drug-likeness (QED) is 0.361. The van der Waals surface area contributed by atoms with Crippen molar-refractivity contribution >= 4 is 17.7 Å². The van der Waals surface area contributed by atoms with Crippen molar-refractivity contribution in [3.8, 4) is 0 Å². The molecule has 114 valence electrons. The number of aldehydes is 1. The van der Waals surface area contributed by atoms with E-state index in [9.17, 15) is 14.9 Å². The third-order valence-electron chi connectivity index (χ3n) is 3.89. The first-order chi connectivity index (χ1) is 10.2. The van der Waals surface area contributed by atoms with Crippen LogP contribution in [0.25, 0.3) is 0 Å². The van der Waals surface area contributed by atoms with Crippen LogP contribution in [-0.2, 0) is 4.79 Å². The summed E-state index contributed by atoms with van der Waals surface area (Å²) < 4.78 is 0. The predicted octanol–water partition coefficient (Wildman–Crippen LogP) is 2.31. The fourth-order valence-electron chi connectivity index (χ4n) is 2.62. The number of carbonyl (C=O) groups excluding carboxylic acids is 1. The van der Waals surface area contributed by atoms with E-state index in [-0.39, 0.29) is 16.5 Å². The highest BCUT2D eigenvalue weighted by molar-refractivity contribution is 5.60. The van der Waals surface area contributed by atoms with Gasteiger partial charge in [0.15, 0.2) is 0 Å². The summed E-state index contributed by atoms with van der Waals surface area (Å²) in [6.07, 6.45) is 3.88. The number of anilines is 1. The fourth-order valence-corrected chi connectivity index (χ4v) is 2.62. The number of carbonyl (C=O) groups is 1. The van der Waals surface area contributed by atoms with E-state index in [1.54, 1.807) is 18.2 Å². The molecular formula is C15H21N3O3. The van der Waals surface area contributed by atoms with E-state index in [1.165, 1.54) is 6.07 Å². The molecule has 0 unspecified atom stereocenters. The van der Waals surface area contributed by atoms with Crippen LogP contribution >= 0.6 is 0 Å². The Labute approximate surface area is 124 Å². The number of nitrogens with zero attached hydrogens (tertiary/aromatic N) is 2.